The van der Waals surface area contributed by atoms with E-state index >= 15 is 0 Å². The first-order valence-corrected chi connectivity index (χ1v) is 6.29. The molecule has 6 heteroatoms. The predicted molar refractivity (Wildman–Crippen MR) is 64.0 cm³/mol. The number of aromatic amines is 1. The molecule has 0 amide bonds. The molecule has 0 spiro atoms. The molecule has 1 atom stereocenters. The van der Waals surface area contributed by atoms with E-state index in [1.807, 2.05) is 0 Å². The van der Waals surface area contributed by atoms with Crippen LogP contribution in [0.1, 0.15) is 12.8 Å². The summed E-state index contributed by atoms with van der Waals surface area (Å²) in [6.07, 6.45) is 3.62. The lowest BCUT2D eigenvalue weighted by Crippen LogP contribution is -2.32. The number of anilines is 1. The Kier molecular flexibility index (Phi) is 3.31. The van der Waals surface area contributed by atoms with E-state index in [0.29, 0.717) is 11.9 Å². The van der Waals surface area contributed by atoms with E-state index in [2.05, 4.69) is 30.8 Å². The van der Waals surface area contributed by atoms with Crippen molar-refractivity contribution < 1.29 is 0 Å². The fourth-order valence-corrected chi connectivity index (χ4v) is 2.73. The molecule has 1 aliphatic heterocycles. The molecule has 1 aromatic rings. The first kappa shape index (κ1) is 11.0. The van der Waals surface area contributed by atoms with Gasteiger partial charge >= 0.3 is 0 Å². The Morgan fingerprint density at radius 3 is 3.27 bits per heavy atom. The van der Waals surface area contributed by atoms with Crippen LogP contribution in [-0.2, 0) is 0 Å². The first-order chi connectivity index (χ1) is 7.24. The molecule has 15 heavy (non-hydrogen) atoms. The number of nitrogens with one attached hydrogen (secondary N) is 1. The van der Waals surface area contributed by atoms with Crippen LogP contribution < -0.4 is 10.5 Å². The van der Waals surface area contributed by atoms with E-state index in [-0.39, 0.29) is 10.6 Å². The highest BCUT2D eigenvalue weighted by molar-refractivity contribution is 9.09. The zero-order chi connectivity index (χ0) is 10.8. The maximum atomic E-state index is 11.3. The molecule has 0 bridgehead atoms. The average Bonchev–Trinajstić information content (AvgIpc) is 2.70. The number of nitrogens with zero attached hydrogens (tertiary/aromatic N) is 2. The minimum atomic E-state index is -0.276. The predicted octanol–water partition coefficient (Wildman–Crippen LogP) is 1.79. The normalized spacial score (nSPS) is 20.9. The van der Waals surface area contributed by atoms with Gasteiger partial charge in [0.05, 0.1) is 6.33 Å². The lowest BCUT2D eigenvalue weighted by molar-refractivity contribution is 0.739. The van der Waals surface area contributed by atoms with Gasteiger partial charge in [0.15, 0.2) is 5.82 Å². The molecule has 1 aromatic heterocycles. The zero-order valence-electron chi connectivity index (χ0n) is 8.04. The molecule has 82 valence electrons. The van der Waals surface area contributed by atoms with E-state index in [9.17, 15) is 4.79 Å². The molecule has 0 radical (unpaired) electrons. The third-order valence-electron chi connectivity index (χ3n) is 2.61. The number of rotatable bonds is 2. The molecule has 1 N–H and O–H groups in total. The van der Waals surface area contributed by atoms with Crippen LogP contribution in [0, 0.1) is 0 Å². The highest BCUT2D eigenvalue weighted by Gasteiger charge is 2.26. The van der Waals surface area contributed by atoms with Gasteiger partial charge in [0.25, 0.3) is 5.56 Å². The minimum absolute atomic E-state index is 0.186. The van der Waals surface area contributed by atoms with E-state index in [1.165, 1.54) is 6.33 Å². The van der Waals surface area contributed by atoms with E-state index < -0.39 is 0 Å². The second-order valence-corrected chi connectivity index (χ2v) is 4.54. The van der Waals surface area contributed by atoms with Crippen LogP contribution in [0.25, 0.3) is 0 Å². The molecule has 4 nitrogen and oxygen atoms in total. The number of halogens is 2. The molecule has 1 aliphatic rings. The summed E-state index contributed by atoms with van der Waals surface area (Å²) in [5.41, 5.74) is -0.276. The third kappa shape index (κ3) is 2.03. The van der Waals surface area contributed by atoms with Gasteiger partial charge in [-0.1, -0.05) is 27.5 Å². The molecule has 1 fully saturated rings. The van der Waals surface area contributed by atoms with Gasteiger partial charge in [0, 0.05) is 17.9 Å². The third-order valence-corrected chi connectivity index (χ3v) is 3.69. The van der Waals surface area contributed by atoms with Gasteiger partial charge in [0.1, 0.15) is 5.02 Å². The lowest BCUT2D eigenvalue weighted by atomic mass is 10.2. The summed E-state index contributed by atoms with van der Waals surface area (Å²) in [6, 6.07) is 0.386. The minimum Gasteiger partial charge on any atom is -0.351 e. The van der Waals surface area contributed by atoms with Gasteiger partial charge < -0.3 is 9.88 Å². The number of aromatic nitrogens is 2. The van der Waals surface area contributed by atoms with Crippen LogP contribution in [0.3, 0.4) is 0 Å². The molecule has 1 unspecified atom stereocenters. The SMILES string of the molecule is O=c1[nH]cnc(N2CCCC2CBr)c1Cl. The monoisotopic (exact) mass is 291 g/mol. The zero-order valence-corrected chi connectivity index (χ0v) is 10.4. The van der Waals surface area contributed by atoms with Crippen LogP contribution in [0.5, 0.6) is 0 Å². The second kappa shape index (κ2) is 4.53. The average molecular weight is 293 g/mol. The van der Waals surface area contributed by atoms with E-state index in [0.717, 1.165) is 24.7 Å². The van der Waals surface area contributed by atoms with E-state index in [1.54, 1.807) is 0 Å². The van der Waals surface area contributed by atoms with Crippen LogP contribution in [0.2, 0.25) is 5.02 Å². The fourth-order valence-electron chi connectivity index (χ4n) is 1.85. The van der Waals surface area contributed by atoms with Gasteiger partial charge in [-0.15, -0.1) is 0 Å². The van der Waals surface area contributed by atoms with Crippen molar-refractivity contribution in [2.45, 2.75) is 18.9 Å². The number of hydrogen-bond donors (Lipinski definition) is 1. The number of hydrogen-bond acceptors (Lipinski definition) is 3. The molecular weight excluding hydrogens is 281 g/mol. The van der Waals surface area contributed by atoms with Crippen molar-refractivity contribution in [1.29, 1.82) is 0 Å². The highest BCUT2D eigenvalue weighted by Crippen LogP contribution is 2.28. The summed E-state index contributed by atoms with van der Waals surface area (Å²) < 4.78 is 0. The van der Waals surface area contributed by atoms with Crippen LogP contribution >= 0.6 is 27.5 Å². The summed E-state index contributed by atoms with van der Waals surface area (Å²) in [5.74, 6) is 0.599. The van der Waals surface area contributed by atoms with Crippen molar-refractivity contribution in [2.24, 2.45) is 0 Å². The van der Waals surface area contributed by atoms with Crippen molar-refractivity contribution in [1.82, 2.24) is 9.97 Å². The van der Waals surface area contributed by atoms with Crippen molar-refractivity contribution in [3.05, 3.63) is 21.7 Å². The smallest absolute Gasteiger partial charge is 0.271 e. The molecule has 0 aromatic carbocycles. The van der Waals surface area contributed by atoms with Crippen molar-refractivity contribution in [2.75, 3.05) is 16.8 Å². The van der Waals surface area contributed by atoms with Crippen molar-refractivity contribution >= 4 is 33.3 Å². The number of alkyl halides is 1. The van der Waals surface area contributed by atoms with Crippen molar-refractivity contribution in [3.63, 3.8) is 0 Å². The fraction of sp³-hybridized carbons (Fsp3) is 0.556. The quantitative estimate of drug-likeness (QED) is 0.846. The maximum Gasteiger partial charge on any atom is 0.271 e. The van der Waals surface area contributed by atoms with Crippen molar-refractivity contribution in [3.8, 4) is 0 Å². The topological polar surface area (TPSA) is 49.0 Å². The Bertz CT molecular complexity index is 409. The van der Waals surface area contributed by atoms with E-state index in [4.69, 9.17) is 11.6 Å². The Morgan fingerprint density at radius 2 is 2.53 bits per heavy atom. The van der Waals surface area contributed by atoms with Gasteiger partial charge in [-0.2, -0.15) is 0 Å². The van der Waals surface area contributed by atoms with Crippen LogP contribution in [0.15, 0.2) is 11.1 Å². The largest absolute Gasteiger partial charge is 0.351 e. The van der Waals surface area contributed by atoms with Gasteiger partial charge in [-0.3, -0.25) is 4.79 Å². The summed E-state index contributed by atoms with van der Waals surface area (Å²) in [7, 11) is 0. The summed E-state index contributed by atoms with van der Waals surface area (Å²) in [4.78, 5) is 20.0. The molecule has 2 rings (SSSR count). The Hall–Kier alpha value is -0.550. The summed E-state index contributed by atoms with van der Waals surface area (Å²) in [5, 5.41) is 1.06. The molecule has 0 aliphatic carbocycles. The Labute approximate surface area is 101 Å². The molecule has 2 heterocycles. The first-order valence-electron chi connectivity index (χ1n) is 4.80. The standard InChI is InChI=1S/C9H11BrClN3O/c10-4-6-2-1-3-14(6)8-7(11)9(15)13-5-12-8/h5-6H,1-4H2,(H,12,13,15). The van der Waals surface area contributed by atoms with Crippen LogP contribution in [-0.4, -0.2) is 27.9 Å². The Morgan fingerprint density at radius 1 is 1.73 bits per heavy atom. The molecule has 0 saturated carbocycles. The van der Waals surface area contributed by atoms with Gasteiger partial charge in [-0.05, 0) is 12.8 Å². The summed E-state index contributed by atoms with van der Waals surface area (Å²) in [6.45, 7) is 0.909. The Balaban J connectivity index is 2.36. The summed E-state index contributed by atoms with van der Waals surface area (Å²) >= 11 is 9.39. The second-order valence-electron chi connectivity index (χ2n) is 3.51. The lowest BCUT2D eigenvalue weighted by Gasteiger charge is -2.24. The molecular formula is C9H11BrClN3O. The van der Waals surface area contributed by atoms with Crippen LogP contribution in [0.4, 0.5) is 5.82 Å². The highest BCUT2D eigenvalue weighted by atomic mass is 79.9. The van der Waals surface area contributed by atoms with Gasteiger partial charge in [0.2, 0.25) is 0 Å². The van der Waals surface area contributed by atoms with Gasteiger partial charge in [-0.25, -0.2) is 4.98 Å². The number of H-pyrrole nitrogens is 1. The molecule has 1 saturated heterocycles. The maximum absolute atomic E-state index is 11.3.